The number of hydrogen-bond acceptors (Lipinski definition) is 6. The number of rotatable bonds is 8. The highest BCUT2D eigenvalue weighted by molar-refractivity contribution is 5.95. The van der Waals surface area contributed by atoms with E-state index in [-0.39, 0.29) is 12.2 Å². The molecule has 220 valence electrons. The maximum absolute atomic E-state index is 10.2. The molecule has 1 fully saturated rings. The Morgan fingerprint density at radius 2 is 1.43 bits per heavy atom. The van der Waals surface area contributed by atoms with Gasteiger partial charge in [0.25, 0.3) is 0 Å². The molecule has 1 N–H and O–H groups in total. The molecule has 0 amide bonds. The van der Waals surface area contributed by atoms with Crippen molar-refractivity contribution >= 4 is 16.7 Å². The van der Waals surface area contributed by atoms with Crippen LogP contribution in [0.4, 0.5) is 5.82 Å². The average Bonchev–Trinajstić information content (AvgIpc) is 3.67. The lowest BCUT2D eigenvalue weighted by atomic mass is 9.77. The number of ether oxygens (including phenoxy) is 1. The first-order valence-corrected chi connectivity index (χ1v) is 15.2. The fourth-order valence-electron chi connectivity index (χ4n) is 6.41. The van der Waals surface area contributed by atoms with E-state index in [0.717, 1.165) is 57.0 Å². The van der Waals surface area contributed by atoms with Crippen LogP contribution >= 0.6 is 0 Å². The maximum Gasteiger partial charge on any atom is 0.151 e. The Bertz CT molecular complexity index is 1780. The van der Waals surface area contributed by atoms with Gasteiger partial charge in [-0.2, -0.15) is 10.2 Å². The van der Waals surface area contributed by atoms with Crippen LogP contribution in [0, 0.1) is 0 Å². The monoisotopic (exact) mass is 581 g/mol. The number of benzene rings is 4. The number of aliphatic hydroxyl groups is 1. The minimum absolute atomic E-state index is 0.0266. The number of aromatic nitrogens is 4. The van der Waals surface area contributed by atoms with Gasteiger partial charge in [-0.3, -0.25) is 0 Å². The molecule has 1 atom stereocenters. The van der Waals surface area contributed by atoms with Gasteiger partial charge in [-0.05, 0) is 61.2 Å². The van der Waals surface area contributed by atoms with Gasteiger partial charge in [0, 0.05) is 24.0 Å². The summed E-state index contributed by atoms with van der Waals surface area (Å²) in [6.45, 7) is 5.34. The standard InChI is InChI=1S/C37H35N5O2/c1-26(2)44-32-18-19-34-33(23-32)36(27-22-35(39-38-24-27)41-21-20-31(43)25-41)40-42(34)37(28-12-6-3-7-13-28,29-14-8-4-9-15-29)30-16-10-5-11-17-30/h3-19,22-24,26,31,43H,20-21,25H2,1-2H3. The Balaban J connectivity index is 1.55. The molecule has 0 bridgehead atoms. The molecule has 0 saturated carbocycles. The lowest BCUT2D eigenvalue weighted by molar-refractivity contribution is 0.198. The molecule has 0 spiro atoms. The molecular formula is C37H35N5O2. The van der Waals surface area contributed by atoms with Crippen molar-refractivity contribution in [2.24, 2.45) is 0 Å². The lowest BCUT2D eigenvalue weighted by Gasteiger charge is -2.37. The van der Waals surface area contributed by atoms with Crippen LogP contribution in [0.3, 0.4) is 0 Å². The van der Waals surface area contributed by atoms with E-state index in [2.05, 4.69) is 105 Å². The highest BCUT2D eigenvalue weighted by Gasteiger charge is 2.41. The minimum atomic E-state index is -0.789. The molecule has 1 unspecified atom stereocenters. The highest BCUT2D eigenvalue weighted by atomic mass is 16.5. The summed E-state index contributed by atoms with van der Waals surface area (Å²) in [5, 5.41) is 25.5. The summed E-state index contributed by atoms with van der Waals surface area (Å²) in [4.78, 5) is 2.08. The average molecular weight is 582 g/mol. The zero-order valence-electron chi connectivity index (χ0n) is 24.9. The molecular weight excluding hydrogens is 546 g/mol. The van der Waals surface area contributed by atoms with Gasteiger partial charge >= 0.3 is 0 Å². The largest absolute Gasteiger partial charge is 0.491 e. The zero-order valence-corrected chi connectivity index (χ0v) is 24.9. The van der Waals surface area contributed by atoms with E-state index in [1.165, 1.54) is 0 Å². The van der Waals surface area contributed by atoms with Crippen molar-refractivity contribution in [3.05, 3.63) is 138 Å². The van der Waals surface area contributed by atoms with Gasteiger partial charge < -0.3 is 14.7 Å². The molecule has 4 aromatic carbocycles. The van der Waals surface area contributed by atoms with Gasteiger partial charge in [0.15, 0.2) is 5.82 Å². The fraction of sp³-hybridized carbons (Fsp3) is 0.216. The van der Waals surface area contributed by atoms with E-state index >= 15 is 0 Å². The number of β-amino-alcohol motifs (C(OH)–C–C–N with tert-alkyl or cyclic N) is 1. The maximum atomic E-state index is 10.2. The van der Waals surface area contributed by atoms with Crippen LogP contribution in [0.25, 0.3) is 22.2 Å². The van der Waals surface area contributed by atoms with E-state index in [9.17, 15) is 5.11 Å². The number of anilines is 1. The van der Waals surface area contributed by atoms with Gasteiger partial charge in [-0.1, -0.05) is 91.0 Å². The van der Waals surface area contributed by atoms with Crippen LogP contribution in [-0.4, -0.2) is 50.4 Å². The lowest BCUT2D eigenvalue weighted by Crippen LogP contribution is -2.38. The van der Waals surface area contributed by atoms with Gasteiger partial charge in [-0.15, -0.1) is 5.10 Å². The second kappa shape index (κ2) is 11.6. The minimum Gasteiger partial charge on any atom is -0.491 e. The Labute approximate surface area is 257 Å². The molecule has 3 heterocycles. The molecule has 2 aromatic heterocycles. The highest BCUT2D eigenvalue weighted by Crippen LogP contribution is 2.44. The Kier molecular flexibility index (Phi) is 7.32. The third kappa shape index (κ3) is 4.89. The zero-order chi connectivity index (χ0) is 30.1. The topological polar surface area (TPSA) is 76.3 Å². The van der Waals surface area contributed by atoms with E-state index in [1.807, 2.05) is 44.2 Å². The molecule has 7 rings (SSSR count). The molecule has 44 heavy (non-hydrogen) atoms. The van der Waals surface area contributed by atoms with Crippen molar-refractivity contribution < 1.29 is 9.84 Å². The third-order valence-corrected chi connectivity index (χ3v) is 8.32. The van der Waals surface area contributed by atoms with E-state index < -0.39 is 5.54 Å². The van der Waals surface area contributed by atoms with Gasteiger partial charge in [0.1, 0.15) is 17.0 Å². The normalized spacial score (nSPS) is 15.3. The summed E-state index contributed by atoms with van der Waals surface area (Å²) in [7, 11) is 0. The summed E-state index contributed by atoms with van der Waals surface area (Å²) in [6, 6.07) is 39.9. The summed E-state index contributed by atoms with van der Waals surface area (Å²) in [5.74, 6) is 1.51. The van der Waals surface area contributed by atoms with Crippen LogP contribution < -0.4 is 9.64 Å². The predicted octanol–water partition coefficient (Wildman–Crippen LogP) is 6.69. The molecule has 7 heteroatoms. The second-order valence-corrected chi connectivity index (χ2v) is 11.6. The molecule has 6 aromatic rings. The molecule has 0 radical (unpaired) electrons. The fourth-order valence-corrected chi connectivity index (χ4v) is 6.41. The number of fused-ring (bicyclic) bond motifs is 1. The van der Waals surface area contributed by atoms with Crippen LogP contribution in [-0.2, 0) is 5.54 Å². The first-order chi connectivity index (χ1) is 21.5. The molecule has 1 aliphatic heterocycles. The van der Waals surface area contributed by atoms with Gasteiger partial charge in [-0.25, -0.2) is 4.68 Å². The SMILES string of the molecule is CC(C)Oc1ccc2c(c1)c(-c1cnnc(N3CCC(O)C3)c1)nn2C(c1ccccc1)(c1ccccc1)c1ccccc1. The summed E-state index contributed by atoms with van der Waals surface area (Å²) < 4.78 is 8.34. The Morgan fingerprint density at radius 1 is 0.818 bits per heavy atom. The van der Waals surface area contributed by atoms with Crippen molar-refractivity contribution in [3.63, 3.8) is 0 Å². The van der Waals surface area contributed by atoms with Gasteiger partial charge in [0.2, 0.25) is 0 Å². The smallest absolute Gasteiger partial charge is 0.151 e. The predicted molar refractivity (Wildman–Crippen MR) is 174 cm³/mol. The number of hydrogen-bond donors (Lipinski definition) is 1. The molecule has 1 aliphatic rings. The first-order valence-electron chi connectivity index (χ1n) is 15.2. The van der Waals surface area contributed by atoms with Crippen LogP contribution in [0.5, 0.6) is 5.75 Å². The van der Waals surface area contributed by atoms with Gasteiger partial charge in [0.05, 0.1) is 23.9 Å². The first kappa shape index (κ1) is 27.8. The van der Waals surface area contributed by atoms with Crippen molar-refractivity contribution in [1.82, 2.24) is 20.0 Å². The number of aliphatic hydroxyl groups excluding tert-OH is 1. The summed E-state index contributed by atoms with van der Waals surface area (Å²) >= 11 is 0. The van der Waals surface area contributed by atoms with Crippen LogP contribution in [0.1, 0.15) is 37.0 Å². The summed E-state index contributed by atoms with van der Waals surface area (Å²) in [6.07, 6.45) is 2.15. The van der Waals surface area contributed by atoms with Crippen molar-refractivity contribution in [1.29, 1.82) is 0 Å². The van der Waals surface area contributed by atoms with Crippen molar-refractivity contribution in [2.75, 3.05) is 18.0 Å². The molecule has 1 saturated heterocycles. The second-order valence-electron chi connectivity index (χ2n) is 11.6. The van der Waals surface area contributed by atoms with E-state index in [1.54, 1.807) is 6.20 Å². The number of nitrogens with zero attached hydrogens (tertiary/aromatic N) is 5. The molecule has 7 nitrogen and oxygen atoms in total. The van der Waals surface area contributed by atoms with Crippen molar-refractivity contribution in [3.8, 4) is 17.0 Å². The molecule has 0 aliphatic carbocycles. The summed E-state index contributed by atoms with van der Waals surface area (Å²) in [5.41, 5.74) is 5.09. The Hall–Kier alpha value is -5.01. The van der Waals surface area contributed by atoms with Crippen LogP contribution in [0.15, 0.2) is 121 Å². The Morgan fingerprint density at radius 3 is 1.98 bits per heavy atom. The van der Waals surface area contributed by atoms with E-state index in [0.29, 0.717) is 13.0 Å². The quantitative estimate of drug-likeness (QED) is 0.202. The third-order valence-electron chi connectivity index (χ3n) is 8.32. The van der Waals surface area contributed by atoms with Crippen molar-refractivity contribution in [2.45, 2.75) is 38.0 Å². The van der Waals surface area contributed by atoms with Crippen LogP contribution in [0.2, 0.25) is 0 Å². The van der Waals surface area contributed by atoms with E-state index in [4.69, 9.17) is 9.84 Å².